The molecule has 362 valence electrons. The van der Waals surface area contributed by atoms with Gasteiger partial charge in [-0.15, -0.1) is 21.9 Å². The van der Waals surface area contributed by atoms with Gasteiger partial charge in [0.05, 0.1) is 6.61 Å². The molecule has 7 aromatic rings. The van der Waals surface area contributed by atoms with Crippen LogP contribution in [0.1, 0.15) is 19.8 Å². The molecule has 0 N–H and O–H groups in total. The first-order valence-electron chi connectivity index (χ1n) is 19.4. The van der Waals surface area contributed by atoms with Crippen molar-refractivity contribution in [1.82, 2.24) is 0 Å². The molecule has 0 aliphatic heterocycles. The van der Waals surface area contributed by atoms with Crippen LogP contribution in [0.15, 0.2) is 99.6 Å². The summed E-state index contributed by atoms with van der Waals surface area (Å²) < 4.78 is 300. The van der Waals surface area contributed by atoms with E-state index in [2.05, 4.69) is 91.9 Å². The molecule has 69 heavy (non-hydrogen) atoms. The summed E-state index contributed by atoms with van der Waals surface area (Å²) in [5.74, 6) is -70.4. The van der Waals surface area contributed by atoms with Crippen molar-refractivity contribution < 1.29 is 92.5 Å². The highest BCUT2D eigenvalue weighted by atomic mass is 32.2. The lowest BCUT2D eigenvalue weighted by atomic mass is 9.12. The fraction of sp³-hybridized carbons (Fsp3) is 0.0870. The minimum atomic E-state index is -7.22. The van der Waals surface area contributed by atoms with E-state index in [1.807, 2.05) is 0 Å². The van der Waals surface area contributed by atoms with Crippen molar-refractivity contribution in [2.45, 2.75) is 34.5 Å². The van der Waals surface area contributed by atoms with Gasteiger partial charge in [-0.25, -0.2) is 87.8 Å². The molecule has 1 nitrogen and oxygen atoms in total. The number of ether oxygens (including phenoxy) is 1. The van der Waals surface area contributed by atoms with E-state index >= 15 is 35.1 Å². The SMILES string of the molecule is CCCCOc1ccccc1[S+](c1ccccc1)c1ccccc1.Fc1c(F)c(F)c([B-](c2c(F)c(F)c(F)c(F)c2F)(c2c(F)c(F)c(F)c(F)c2F)c2c(F)c(F)c(F)c(F)c2F)c(F)c1F. The standard InChI is InChI=1S/C24BF20.C22H23OS/c26-5-1(6(27)14(35)21(42)13(5)34)25(2-7(28)15(36)22(43)16(37)8(2)29,3-9(30)17(38)23(44)18(39)10(3)31)4-11(32)19(40)24(45)20(41)12(4)33;1-2-3-18-23-21-16-10-11-17-22(21)24(19-12-6-4-7-13-19)20-14-8-5-9-15-20/h;4-17H,2-3,18H2,1H3/q-1;+1. The average Bonchev–Trinajstić information content (AvgIpc) is 3.35. The third kappa shape index (κ3) is 8.73. The molecule has 0 radical (unpaired) electrons. The van der Waals surface area contributed by atoms with Crippen LogP contribution in [0.5, 0.6) is 5.75 Å². The van der Waals surface area contributed by atoms with E-state index < -0.39 is 144 Å². The molecule has 7 aromatic carbocycles. The molecule has 0 aliphatic carbocycles. The van der Waals surface area contributed by atoms with Crippen molar-refractivity contribution in [2.75, 3.05) is 6.61 Å². The van der Waals surface area contributed by atoms with Crippen LogP contribution >= 0.6 is 0 Å². The van der Waals surface area contributed by atoms with Gasteiger partial charge in [-0.3, -0.25) is 0 Å². The van der Waals surface area contributed by atoms with Crippen molar-refractivity contribution in [1.29, 1.82) is 0 Å². The zero-order chi connectivity index (χ0) is 51.0. The van der Waals surface area contributed by atoms with Gasteiger partial charge in [-0.1, -0.05) is 61.9 Å². The topological polar surface area (TPSA) is 9.23 Å². The van der Waals surface area contributed by atoms with E-state index in [9.17, 15) is 52.7 Å². The Hall–Kier alpha value is -6.65. The minimum absolute atomic E-state index is 0.157. The molecule has 0 aliphatic rings. The number of rotatable bonds is 11. The Morgan fingerprint density at radius 1 is 0.333 bits per heavy atom. The predicted molar refractivity (Wildman–Crippen MR) is 211 cm³/mol. The number of para-hydroxylation sites is 1. The summed E-state index contributed by atoms with van der Waals surface area (Å²) in [5, 5.41) is 0. The summed E-state index contributed by atoms with van der Waals surface area (Å²) in [4.78, 5) is 3.89. The van der Waals surface area contributed by atoms with E-state index in [1.54, 1.807) is 0 Å². The molecule has 0 saturated heterocycles. The van der Waals surface area contributed by atoms with Gasteiger partial charge in [0.25, 0.3) is 0 Å². The van der Waals surface area contributed by atoms with Crippen LogP contribution < -0.4 is 26.6 Å². The highest BCUT2D eigenvalue weighted by Gasteiger charge is 2.52. The van der Waals surface area contributed by atoms with E-state index in [0.717, 1.165) is 25.2 Å². The number of unbranched alkanes of at least 4 members (excludes halogenated alkanes) is 1. The third-order valence-corrected chi connectivity index (χ3v) is 12.8. The summed E-state index contributed by atoms with van der Waals surface area (Å²) in [6.07, 6.45) is -4.99. The molecule has 0 fully saturated rings. The Labute approximate surface area is 378 Å². The molecule has 0 aromatic heterocycles. The van der Waals surface area contributed by atoms with Crippen LogP contribution in [0.4, 0.5) is 87.8 Å². The highest BCUT2D eigenvalue weighted by Crippen LogP contribution is 2.37. The maximum absolute atomic E-state index is 15.4. The van der Waals surface area contributed by atoms with Crippen molar-refractivity contribution >= 4 is 38.9 Å². The maximum atomic E-state index is 15.4. The summed E-state index contributed by atoms with van der Waals surface area (Å²) in [6.45, 7) is 2.96. The van der Waals surface area contributed by atoms with Gasteiger partial charge in [0.2, 0.25) is 4.90 Å². The third-order valence-electron chi connectivity index (χ3n) is 10.5. The molecular weight excluding hydrogens is 991 g/mol. The fourth-order valence-corrected chi connectivity index (χ4v) is 9.62. The van der Waals surface area contributed by atoms with Crippen LogP contribution in [0.25, 0.3) is 0 Å². The summed E-state index contributed by atoms with van der Waals surface area (Å²) in [7, 11) is -0.157. The van der Waals surface area contributed by atoms with E-state index in [1.165, 1.54) is 14.7 Å². The van der Waals surface area contributed by atoms with E-state index in [0.29, 0.717) is 0 Å². The smallest absolute Gasteiger partial charge is 0.208 e. The molecule has 0 bridgehead atoms. The first-order valence-corrected chi connectivity index (χ1v) is 20.6. The van der Waals surface area contributed by atoms with Crippen LogP contribution in [0.2, 0.25) is 0 Å². The molecule has 0 heterocycles. The van der Waals surface area contributed by atoms with Crippen molar-refractivity contribution in [3.05, 3.63) is 201 Å². The summed E-state index contributed by atoms with van der Waals surface area (Å²) in [5.41, 5.74) is -14.3. The summed E-state index contributed by atoms with van der Waals surface area (Å²) in [6, 6.07) is 29.9. The van der Waals surface area contributed by atoms with Crippen molar-refractivity contribution in [3.8, 4) is 5.75 Å². The van der Waals surface area contributed by atoms with Crippen LogP contribution in [0, 0.1) is 116 Å². The number of hydrogen-bond donors (Lipinski definition) is 0. The predicted octanol–water partition coefficient (Wildman–Crippen LogP) is 11.8. The summed E-state index contributed by atoms with van der Waals surface area (Å²) >= 11 is 0. The largest absolute Gasteiger partial charge is 0.488 e. The average molecular weight is 1010 g/mol. The number of halogens is 20. The normalized spacial score (nSPS) is 11.6. The molecule has 7 rings (SSSR count). The molecular formula is C46H23BF20OS. The monoisotopic (exact) mass is 1010 g/mol. The Morgan fingerprint density at radius 3 is 0.855 bits per heavy atom. The second kappa shape index (κ2) is 20.5. The lowest BCUT2D eigenvalue weighted by molar-refractivity contribution is 0.302. The number of hydrogen-bond acceptors (Lipinski definition) is 1. The van der Waals surface area contributed by atoms with Gasteiger partial charge in [0.15, 0.2) is 85.3 Å². The van der Waals surface area contributed by atoms with Gasteiger partial charge < -0.3 is 4.74 Å². The minimum Gasteiger partial charge on any atom is -0.488 e. The fourth-order valence-electron chi connectivity index (χ4n) is 7.44. The van der Waals surface area contributed by atoms with Crippen molar-refractivity contribution in [3.63, 3.8) is 0 Å². The van der Waals surface area contributed by atoms with Gasteiger partial charge in [0.1, 0.15) is 63.6 Å². The Morgan fingerprint density at radius 2 is 0.580 bits per heavy atom. The molecule has 0 unspecified atom stereocenters. The van der Waals surface area contributed by atoms with Gasteiger partial charge in [-0.05, 0) is 42.8 Å². The molecule has 0 amide bonds. The second-order valence-electron chi connectivity index (χ2n) is 14.4. The molecule has 0 atom stereocenters. The molecule has 23 heteroatoms. The number of benzene rings is 7. The van der Waals surface area contributed by atoms with Crippen LogP contribution in [-0.2, 0) is 10.9 Å². The van der Waals surface area contributed by atoms with Gasteiger partial charge in [-0.2, -0.15) is 0 Å². The zero-order valence-electron chi connectivity index (χ0n) is 34.2. The van der Waals surface area contributed by atoms with Crippen LogP contribution in [0.3, 0.4) is 0 Å². The van der Waals surface area contributed by atoms with Crippen molar-refractivity contribution in [2.24, 2.45) is 0 Å². The first kappa shape index (κ1) is 51.7. The molecule has 0 spiro atoms. The van der Waals surface area contributed by atoms with E-state index in [-0.39, 0.29) is 10.9 Å². The van der Waals surface area contributed by atoms with Crippen LogP contribution in [-0.4, -0.2) is 12.8 Å². The maximum Gasteiger partial charge on any atom is 0.208 e. The van der Waals surface area contributed by atoms with Gasteiger partial charge >= 0.3 is 0 Å². The Kier molecular flexibility index (Phi) is 15.4. The first-order chi connectivity index (χ1) is 32.6. The highest BCUT2D eigenvalue weighted by molar-refractivity contribution is 7.97. The zero-order valence-corrected chi connectivity index (χ0v) is 35.0. The van der Waals surface area contributed by atoms with Gasteiger partial charge in [0, 0.05) is 0 Å². The lowest BCUT2D eigenvalue weighted by Gasteiger charge is -2.44. The Balaban J connectivity index is 0.000000273. The second-order valence-corrected chi connectivity index (χ2v) is 16.4. The quantitative estimate of drug-likeness (QED) is 0.0313. The van der Waals surface area contributed by atoms with E-state index in [4.69, 9.17) is 4.74 Å². The lowest BCUT2D eigenvalue weighted by Crippen LogP contribution is -2.81. The molecule has 0 saturated carbocycles. The Bertz CT molecular complexity index is 2660.